The lowest BCUT2D eigenvalue weighted by Crippen LogP contribution is -2.15. The van der Waals surface area contributed by atoms with Crippen molar-refractivity contribution in [1.82, 2.24) is 9.78 Å². The van der Waals surface area contributed by atoms with E-state index < -0.39 is 10.0 Å². The molecular weight excluding hydrogens is 388 g/mol. The fraction of sp³-hybridized carbons (Fsp3) is 0.143. The van der Waals surface area contributed by atoms with E-state index in [1.807, 2.05) is 32.0 Å². The quantitative estimate of drug-likeness (QED) is 0.609. The van der Waals surface area contributed by atoms with Crippen molar-refractivity contribution >= 4 is 33.4 Å². The lowest BCUT2D eigenvalue weighted by atomic mass is 10.1. The minimum Gasteiger partial charge on any atom is -0.323 e. The zero-order valence-electron chi connectivity index (χ0n) is 16.4. The molecule has 0 spiro atoms. The number of hydrogen-bond donors (Lipinski definition) is 2. The summed E-state index contributed by atoms with van der Waals surface area (Å²) in [6.45, 7) is 3.70. The third-order valence-corrected chi connectivity index (χ3v) is 5.67. The predicted octanol–water partition coefficient (Wildman–Crippen LogP) is 3.49. The van der Waals surface area contributed by atoms with Gasteiger partial charge in [-0.15, -0.1) is 0 Å². The Morgan fingerprint density at radius 3 is 2.31 bits per heavy atom. The molecule has 150 valence electrons. The van der Waals surface area contributed by atoms with E-state index in [2.05, 4.69) is 15.1 Å². The van der Waals surface area contributed by atoms with Crippen LogP contribution in [0.2, 0.25) is 0 Å². The van der Waals surface area contributed by atoms with Crippen molar-refractivity contribution in [3.8, 4) is 0 Å². The molecule has 0 fully saturated rings. The van der Waals surface area contributed by atoms with E-state index in [0.29, 0.717) is 11.4 Å². The van der Waals surface area contributed by atoms with Gasteiger partial charge in [0.15, 0.2) is 0 Å². The second kappa shape index (κ2) is 8.32. The van der Waals surface area contributed by atoms with E-state index in [1.165, 1.54) is 18.2 Å². The van der Waals surface area contributed by atoms with Gasteiger partial charge in [0, 0.05) is 30.6 Å². The van der Waals surface area contributed by atoms with Crippen molar-refractivity contribution in [3.05, 3.63) is 77.6 Å². The first kappa shape index (κ1) is 20.3. The second-order valence-corrected chi connectivity index (χ2v) is 8.35. The number of benzene rings is 2. The smallest absolute Gasteiger partial charge is 0.261 e. The number of carbonyl (C=O) groups excluding carboxylic acids is 1. The maximum Gasteiger partial charge on any atom is 0.261 e. The highest BCUT2D eigenvalue weighted by atomic mass is 32.2. The van der Waals surface area contributed by atoms with E-state index in [1.54, 1.807) is 42.3 Å². The summed E-state index contributed by atoms with van der Waals surface area (Å²) in [5.74, 6) is -0.321. The summed E-state index contributed by atoms with van der Waals surface area (Å²) >= 11 is 0. The van der Waals surface area contributed by atoms with Gasteiger partial charge in [0.05, 0.1) is 16.8 Å². The van der Waals surface area contributed by atoms with Crippen LogP contribution in [-0.2, 0) is 21.9 Å². The van der Waals surface area contributed by atoms with Gasteiger partial charge in [-0.1, -0.05) is 18.2 Å². The van der Waals surface area contributed by atoms with Gasteiger partial charge in [-0.3, -0.25) is 14.2 Å². The van der Waals surface area contributed by atoms with Crippen LogP contribution in [0.1, 0.15) is 16.7 Å². The summed E-state index contributed by atoms with van der Waals surface area (Å²) in [6.07, 6.45) is 6.47. The Kier molecular flexibility index (Phi) is 5.84. The molecule has 1 aromatic heterocycles. The van der Waals surface area contributed by atoms with E-state index >= 15 is 0 Å². The Labute approximate surface area is 170 Å². The van der Waals surface area contributed by atoms with Crippen LogP contribution >= 0.6 is 0 Å². The van der Waals surface area contributed by atoms with Crippen molar-refractivity contribution in [3.63, 3.8) is 0 Å². The largest absolute Gasteiger partial charge is 0.323 e. The molecule has 7 nitrogen and oxygen atoms in total. The molecule has 0 radical (unpaired) electrons. The van der Waals surface area contributed by atoms with Gasteiger partial charge in [-0.25, -0.2) is 8.42 Å². The molecule has 1 amide bonds. The van der Waals surface area contributed by atoms with Gasteiger partial charge in [-0.05, 0) is 55.3 Å². The van der Waals surface area contributed by atoms with Crippen molar-refractivity contribution < 1.29 is 13.2 Å². The Balaban J connectivity index is 1.69. The van der Waals surface area contributed by atoms with Crippen molar-refractivity contribution in [2.45, 2.75) is 18.7 Å². The molecule has 2 aromatic carbocycles. The number of aryl methyl sites for hydroxylation is 3. The molecule has 0 aliphatic rings. The lowest BCUT2D eigenvalue weighted by Gasteiger charge is -2.13. The number of nitrogens with one attached hydrogen (secondary N) is 2. The van der Waals surface area contributed by atoms with Crippen LogP contribution in [0.15, 0.2) is 65.8 Å². The monoisotopic (exact) mass is 410 g/mol. The fourth-order valence-electron chi connectivity index (χ4n) is 2.77. The maximum atomic E-state index is 12.7. The van der Waals surface area contributed by atoms with Gasteiger partial charge in [0.25, 0.3) is 10.0 Å². The molecule has 0 aliphatic carbocycles. The minimum absolute atomic E-state index is 0.115. The van der Waals surface area contributed by atoms with E-state index in [-0.39, 0.29) is 10.8 Å². The molecule has 0 saturated heterocycles. The van der Waals surface area contributed by atoms with Crippen LogP contribution in [-0.4, -0.2) is 24.1 Å². The van der Waals surface area contributed by atoms with Crippen LogP contribution in [0, 0.1) is 13.8 Å². The summed E-state index contributed by atoms with van der Waals surface area (Å²) in [4.78, 5) is 12.1. The van der Waals surface area contributed by atoms with Gasteiger partial charge in [-0.2, -0.15) is 5.10 Å². The molecule has 29 heavy (non-hydrogen) atoms. The zero-order chi connectivity index (χ0) is 21.0. The van der Waals surface area contributed by atoms with E-state index in [4.69, 9.17) is 0 Å². The zero-order valence-corrected chi connectivity index (χ0v) is 17.2. The second-order valence-electron chi connectivity index (χ2n) is 6.67. The van der Waals surface area contributed by atoms with E-state index in [9.17, 15) is 13.2 Å². The third-order valence-electron chi connectivity index (χ3n) is 4.30. The third kappa shape index (κ3) is 5.11. The highest BCUT2D eigenvalue weighted by Gasteiger charge is 2.16. The van der Waals surface area contributed by atoms with E-state index in [0.717, 1.165) is 16.7 Å². The first-order chi connectivity index (χ1) is 13.7. The van der Waals surface area contributed by atoms with Crippen molar-refractivity contribution in [2.75, 3.05) is 10.0 Å². The Bertz CT molecular complexity index is 1140. The molecule has 2 N–H and O–H groups in total. The predicted molar refractivity (Wildman–Crippen MR) is 114 cm³/mol. The first-order valence-corrected chi connectivity index (χ1v) is 10.4. The van der Waals surface area contributed by atoms with Gasteiger partial charge < -0.3 is 5.32 Å². The first-order valence-electron chi connectivity index (χ1n) is 8.91. The molecule has 0 aliphatic heterocycles. The molecule has 0 unspecified atom stereocenters. The number of sulfonamides is 1. The molecule has 0 bridgehead atoms. The summed E-state index contributed by atoms with van der Waals surface area (Å²) < 4.78 is 29.6. The topological polar surface area (TPSA) is 93.1 Å². The lowest BCUT2D eigenvalue weighted by molar-refractivity contribution is -0.111. The maximum absolute atomic E-state index is 12.7. The number of anilines is 2. The van der Waals surface area contributed by atoms with Crippen LogP contribution in [0.3, 0.4) is 0 Å². The summed E-state index contributed by atoms with van der Waals surface area (Å²) in [7, 11) is -1.94. The van der Waals surface area contributed by atoms with Crippen LogP contribution in [0.4, 0.5) is 11.4 Å². The Morgan fingerprint density at radius 1 is 1.07 bits per heavy atom. The van der Waals surface area contributed by atoms with Gasteiger partial charge >= 0.3 is 0 Å². The van der Waals surface area contributed by atoms with Gasteiger partial charge in [0.1, 0.15) is 0 Å². The number of aromatic nitrogens is 2. The molecule has 3 rings (SSSR count). The molecule has 3 aromatic rings. The fourth-order valence-corrected chi connectivity index (χ4v) is 3.97. The number of nitrogens with zero attached hydrogens (tertiary/aromatic N) is 2. The Hall–Kier alpha value is -3.39. The van der Waals surface area contributed by atoms with Crippen LogP contribution < -0.4 is 10.0 Å². The highest BCUT2D eigenvalue weighted by molar-refractivity contribution is 7.92. The van der Waals surface area contributed by atoms with Crippen molar-refractivity contribution in [2.24, 2.45) is 7.05 Å². The number of para-hydroxylation sites is 1. The minimum atomic E-state index is -3.73. The molecular formula is C21H22N4O3S. The number of carbonyl (C=O) groups is 1. The van der Waals surface area contributed by atoms with Crippen LogP contribution in [0.25, 0.3) is 6.08 Å². The number of hydrogen-bond acceptors (Lipinski definition) is 4. The SMILES string of the molecule is Cc1cccc(C)c1NS(=O)(=O)c1ccc(NC(=O)/C=C/c2cnn(C)c2)cc1. The molecule has 0 saturated carbocycles. The summed E-state index contributed by atoms with van der Waals surface area (Å²) in [6, 6.07) is 11.6. The van der Waals surface area contributed by atoms with Gasteiger partial charge in [0.2, 0.25) is 5.91 Å². The molecule has 0 atom stereocenters. The average Bonchev–Trinajstić information content (AvgIpc) is 3.09. The van der Waals surface area contributed by atoms with Crippen LogP contribution in [0.5, 0.6) is 0 Å². The average molecular weight is 410 g/mol. The molecule has 8 heteroatoms. The number of amides is 1. The summed E-state index contributed by atoms with van der Waals surface area (Å²) in [5.41, 5.74) is 3.57. The normalized spacial score (nSPS) is 11.6. The molecule has 1 heterocycles. The van der Waals surface area contributed by atoms with Crippen molar-refractivity contribution in [1.29, 1.82) is 0 Å². The Morgan fingerprint density at radius 2 is 1.72 bits per heavy atom. The highest BCUT2D eigenvalue weighted by Crippen LogP contribution is 2.24. The number of rotatable bonds is 6. The summed E-state index contributed by atoms with van der Waals surface area (Å²) in [5, 5.41) is 6.72. The standard InChI is InChI=1S/C21H22N4O3S/c1-15-5-4-6-16(2)21(15)24-29(27,28)19-10-8-18(9-11-19)23-20(26)12-7-17-13-22-25(3)14-17/h4-14,24H,1-3H3,(H,23,26)/b12-7+.